The zero-order chi connectivity index (χ0) is 19.8. The number of fused-ring (bicyclic) bond motifs is 1. The molecular weight excluding hydrogens is 440 g/mol. The van der Waals surface area contributed by atoms with Crippen LogP contribution in [0.4, 0.5) is 0 Å². The molecule has 0 fully saturated rings. The third-order valence-corrected chi connectivity index (χ3v) is 8.54. The van der Waals surface area contributed by atoms with Crippen molar-refractivity contribution in [2.24, 2.45) is 7.05 Å². The Morgan fingerprint density at radius 2 is 1.93 bits per heavy atom. The highest BCUT2D eigenvalue weighted by atomic mass is 35.5. The lowest BCUT2D eigenvalue weighted by Gasteiger charge is -2.12. The minimum atomic E-state index is 0.734. The predicted octanol–water partition coefficient (Wildman–Crippen LogP) is 6.49. The molecule has 1 aliphatic rings. The van der Waals surface area contributed by atoms with Crippen LogP contribution in [0.3, 0.4) is 0 Å². The number of thiophene rings is 1. The van der Waals surface area contributed by atoms with Gasteiger partial charge in [0.25, 0.3) is 0 Å². The highest BCUT2D eigenvalue weighted by molar-refractivity contribution is 7.98. The van der Waals surface area contributed by atoms with E-state index in [9.17, 15) is 0 Å². The molecule has 4 nitrogen and oxygen atoms in total. The van der Waals surface area contributed by atoms with Crippen LogP contribution in [-0.2, 0) is 25.6 Å². The van der Waals surface area contributed by atoms with Crippen molar-refractivity contribution in [3.8, 4) is 22.0 Å². The van der Waals surface area contributed by atoms with Crippen molar-refractivity contribution in [1.29, 1.82) is 0 Å². The predicted molar refractivity (Wildman–Crippen MR) is 123 cm³/mol. The van der Waals surface area contributed by atoms with E-state index in [0.717, 1.165) is 44.4 Å². The maximum atomic E-state index is 6.30. The van der Waals surface area contributed by atoms with Gasteiger partial charge in [0.1, 0.15) is 5.01 Å². The first-order chi connectivity index (χ1) is 14.2. The average Bonchev–Trinajstić information content (AvgIpc) is 3.45. The molecule has 29 heavy (non-hydrogen) atoms. The quantitative estimate of drug-likeness (QED) is 0.320. The Balaban J connectivity index is 1.33. The number of rotatable bonds is 5. The molecule has 0 spiro atoms. The van der Waals surface area contributed by atoms with Gasteiger partial charge in [-0.1, -0.05) is 41.6 Å². The van der Waals surface area contributed by atoms with E-state index in [-0.39, 0.29) is 0 Å². The fourth-order valence-electron chi connectivity index (χ4n) is 3.63. The van der Waals surface area contributed by atoms with E-state index in [0.29, 0.717) is 0 Å². The second kappa shape index (κ2) is 8.22. The van der Waals surface area contributed by atoms with Crippen molar-refractivity contribution >= 4 is 46.0 Å². The van der Waals surface area contributed by atoms with Crippen molar-refractivity contribution < 1.29 is 0 Å². The lowest BCUT2D eigenvalue weighted by Crippen LogP contribution is -2.02. The number of halogens is 1. The molecule has 0 saturated heterocycles. The summed E-state index contributed by atoms with van der Waals surface area (Å²) < 4.78 is 2.11. The third-order valence-electron chi connectivity index (χ3n) is 5.14. The summed E-state index contributed by atoms with van der Waals surface area (Å²) in [5.74, 6) is 1.73. The van der Waals surface area contributed by atoms with Gasteiger partial charge in [-0.05, 0) is 37.3 Å². The maximum Gasteiger partial charge on any atom is 0.191 e. The number of aromatic nitrogens is 4. The van der Waals surface area contributed by atoms with Gasteiger partial charge in [-0.2, -0.15) is 0 Å². The van der Waals surface area contributed by atoms with Crippen LogP contribution in [0, 0.1) is 0 Å². The normalized spacial score (nSPS) is 13.6. The number of hydrogen-bond donors (Lipinski definition) is 0. The second-order valence-electron chi connectivity index (χ2n) is 7.04. The van der Waals surface area contributed by atoms with E-state index in [1.54, 1.807) is 23.1 Å². The molecule has 0 aliphatic heterocycles. The Labute approximate surface area is 187 Å². The molecule has 5 rings (SSSR count). The van der Waals surface area contributed by atoms with Gasteiger partial charge in [-0.3, -0.25) is 0 Å². The van der Waals surface area contributed by atoms with Crippen LogP contribution in [0.2, 0.25) is 5.02 Å². The first-order valence-corrected chi connectivity index (χ1v) is 12.6. The summed E-state index contributed by atoms with van der Waals surface area (Å²) in [5.41, 5.74) is 4.77. The van der Waals surface area contributed by atoms with Crippen molar-refractivity contribution in [3.63, 3.8) is 0 Å². The molecule has 0 radical (unpaired) electrons. The number of hydrogen-bond acceptors (Lipinski definition) is 6. The van der Waals surface area contributed by atoms with Crippen LogP contribution in [-0.4, -0.2) is 19.7 Å². The molecule has 3 heterocycles. The van der Waals surface area contributed by atoms with E-state index in [4.69, 9.17) is 16.6 Å². The lowest BCUT2D eigenvalue weighted by atomic mass is 9.96. The number of benzene rings is 1. The number of thiazole rings is 1. The number of thioether (sulfide) groups is 1. The molecule has 8 heteroatoms. The van der Waals surface area contributed by atoms with E-state index >= 15 is 0 Å². The smallest absolute Gasteiger partial charge is 0.191 e. The van der Waals surface area contributed by atoms with Crippen molar-refractivity contribution in [3.05, 3.63) is 56.2 Å². The highest BCUT2D eigenvalue weighted by Crippen LogP contribution is 2.37. The van der Waals surface area contributed by atoms with Gasteiger partial charge in [0.05, 0.1) is 10.7 Å². The van der Waals surface area contributed by atoms with Crippen molar-refractivity contribution in [2.45, 2.75) is 36.6 Å². The van der Waals surface area contributed by atoms with Crippen LogP contribution < -0.4 is 0 Å². The molecule has 4 aromatic rings. The third kappa shape index (κ3) is 3.77. The fraction of sp³-hybridized carbons (Fsp3) is 0.286. The molecule has 0 bridgehead atoms. The van der Waals surface area contributed by atoms with Gasteiger partial charge >= 0.3 is 0 Å². The summed E-state index contributed by atoms with van der Waals surface area (Å²) in [7, 11) is 2.06. The van der Waals surface area contributed by atoms with E-state index in [2.05, 4.69) is 32.6 Å². The average molecular weight is 459 g/mol. The Morgan fingerprint density at radius 3 is 2.83 bits per heavy atom. The van der Waals surface area contributed by atoms with E-state index < -0.39 is 0 Å². The maximum absolute atomic E-state index is 6.30. The SMILES string of the molecule is Cn1c(SCc2csc(-c3ccccc3Cl)n2)nnc1-c1csc2c1CCCC2. The zero-order valence-corrected chi connectivity index (χ0v) is 19.1. The van der Waals surface area contributed by atoms with Gasteiger partial charge in [0.15, 0.2) is 11.0 Å². The van der Waals surface area contributed by atoms with Crippen LogP contribution in [0.5, 0.6) is 0 Å². The van der Waals surface area contributed by atoms with E-state index in [1.807, 2.05) is 35.6 Å². The van der Waals surface area contributed by atoms with Crippen LogP contribution >= 0.6 is 46.0 Å². The summed E-state index contributed by atoms with van der Waals surface area (Å²) in [6.45, 7) is 0. The second-order valence-corrected chi connectivity index (χ2v) is 10.2. The summed E-state index contributed by atoms with van der Waals surface area (Å²) >= 11 is 11.5. The minimum Gasteiger partial charge on any atom is -0.305 e. The van der Waals surface area contributed by atoms with Gasteiger partial charge in [-0.25, -0.2) is 4.98 Å². The summed E-state index contributed by atoms with van der Waals surface area (Å²) in [5, 5.41) is 15.9. The molecule has 1 aliphatic carbocycles. The van der Waals surface area contributed by atoms with Crippen LogP contribution in [0.15, 0.2) is 40.2 Å². The number of aryl methyl sites for hydroxylation is 1. The molecular formula is C21H19ClN4S3. The van der Waals surface area contributed by atoms with Gasteiger partial charge in [-0.15, -0.1) is 32.9 Å². The van der Waals surface area contributed by atoms with Crippen LogP contribution in [0.1, 0.15) is 29.0 Å². The molecule has 1 aromatic carbocycles. The molecule has 0 saturated carbocycles. The topological polar surface area (TPSA) is 43.6 Å². The monoisotopic (exact) mass is 458 g/mol. The molecule has 148 valence electrons. The Hall–Kier alpha value is -1.67. The molecule has 0 N–H and O–H groups in total. The summed E-state index contributed by atoms with van der Waals surface area (Å²) in [6, 6.07) is 7.83. The summed E-state index contributed by atoms with van der Waals surface area (Å²) in [4.78, 5) is 6.28. The van der Waals surface area contributed by atoms with Gasteiger partial charge in [0, 0.05) is 39.6 Å². The molecule has 0 amide bonds. The van der Waals surface area contributed by atoms with Crippen molar-refractivity contribution in [2.75, 3.05) is 0 Å². The number of nitrogens with zero attached hydrogens (tertiary/aromatic N) is 4. The Morgan fingerprint density at radius 1 is 1.07 bits per heavy atom. The van der Waals surface area contributed by atoms with Gasteiger partial charge < -0.3 is 4.57 Å². The van der Waals surface area contributed by atoms with E-state index in [1.165, 1.54) is 35.3 Å². The van der Waals surface area contributed by atoms with Gasteiger partial charge in [0.2, 0.25) is 0 Å². The highest BCUT2D eigenvalue weighted by Gasteiger charge is 2.21. The summed E-state index contributed by atoms with van der Waals surface area (Å²) in [6.07, 6.45) is 4.94. The minimum absolute atomic E-state index is 0.734. The standard InChI is InChI=1S/C21H19ClN4S3/c1-26-19(16-12-27-18-9-5-3-6-14(16)18)24-25-21(26)29-11-13-10-28-20(23-13)15-7-2-4-8-17(15)22/h2,4,7-8,10,12H,3,5-6,9,11H2,1H3. The Kier molecular flexibility index (Phi) is 5.47. The first kappa shape index (κ1) is 19.3. The zero-order valence-electron chi connectivity index (χ0n) is 15.9. The lowest BCUT2D eigenvalue weighted by molar-refractivity contribution is 0.696. The van der Waals surface area contributed by atoms with Crippen LogP contribution in [0.25, 0.3) is 22.0 Å². The Bertz CT molecular complexity index is 1160. The molecule has 3 aromatic heterocycles. The first-order valence-electron chi connectivity index (χ1n) is 9.52. The molecule has 0 unspecified atom stereocenters. The van der Waals surface area contributed by atoms with Crippen molar-refractivity contribution in [1.82, 2.24) is 19.7 Å². The fourth-order valence-corrected chi connectivity index (χ4v) is 6.80. The largest absolute Gasteiger partial charge is 0.305 e. The molecule has 0 atom stereocenters.